The maximum atomic E-state index is 11.0. The topological polar surface area (TPSA) is 88.6 Å². The Morgan fingerprint density at radius 3 is 2.62 bits per heavy atom. The van der Waals surface area contributed by atoms with Crippen LogP contribution in [0.5, 0.6) is 0 Å². The average molecular weight is 394 g/mol. The van der Waals surface area contributed by atoms with Gasteiger partial charge < -0.3 is 10.1 Å². The van der Waals surface area contributed by atoms with E-state index in [0.29, 0.717) is 5.69 Å². The molecule has 0 aliphatic rings. The standard InChI is InChI=1S/C13H8IN5O2/c14-10-7-4-8-11(12(10)9-5-2-1-3-6-9)18-13(19(20)21)15-16-17-18/h1-8H/p+1. The van der Waals surface area contributed by atoms with Gasteiger partial charge in [-0.1, -0.05) is 41.6 Å². The summed E-state index contributed by atoms with van der Waals surface area (Å²) in [7, 11) is 0. The molecule has 1 aromatic heterocycles. The minimum atomic E-state index is -0.571. The quantitative estimate of drug-likeness (QED) is 0.320. The zero-order valence-corrected chi connectivity index (χ0v) is 12.8. The van der Waals surface area contributed by atoms with E-state index < -0.39 is 4.92 Å². The first-order valence-corrected chi connectivity index (χ1v) is 7.08. The molecule has 0 amide bonds. The molecule has 1 heterocycles. The number of nitrogens with one attached hydrogen (secondary N) is 1. The second kappa shape index (κ2) is 5.56. The Balaban J connectivity index is 2.27. The van der Waals surface area contributed by atoms with Gasteiger partial charge in [0.2, 0.25) is 5.10 Å². The molecule has 0 saturated carbocycles. The van der Waals surface area contributed by atoms with E-state index in [1.165, 1.54) is 4.68 Å². The van der Waals surface area contributed by atoms with Crippen molar-refractivity contribution >= 4 is 28.5 Å². The molecule has 0 atom stereocenters. The second-order valence-corrected chi connectivity index (χ2v) is 5.35. The van der Waals surface area contributed by atoms with Crippen molar-refractivity contribution in [2.75, 3.05) is 0 Å². The van der Waals surface area contributed by atoms with Crippen LogP contribution in [0.2, 0.25) is 0 Å². The Hall–Kier alpha value is -2.36. The number of hydrogen-bond acceptors (Lipinski definition) is 4. The molecular weight excluding hydrogens is 385 g/mol. The maximum absolute atomic E-state index is 11.0. The van der Waals surface area contributed by atoms with Crippen LogP contribution in [0.4, 0.5) is 5.95 Å². The number of nitro groups is 1. The van der Waals surface area contributed by atoms with Crippen molar-refractivity contribution in [3.05, 3.63) is 62.2 Å². The summed E-state index contributed by atoms with van der Waals surface area (Å²) in [6, 6.07) is 15.3. The van der Waals surface area contributed by atoms with E-state index in [-0.39, 0.29) is 5.95 Å². The highest BCUT2D eigenvalue weighted by Crippen LogP contribution is 2.29. The van der Waals surface area contributed by atoms with Gasteiger partial charge in [0.1, 0.15) is 5.21 Å². The van der Waals surface area contributed by atoms with E-state index >= 15 is 0 Å². The fourth-order valence-corrected chi connectivity index (χ4v) is 2.87. The van der Waals surface area contributed by atoms with Gasteiger partial charge in [-0.25, -0.2) is 0 Å². The van der Waals surface area contributed by atoms with Crippen LogP contribution in [-0.4, -0.2) is 20.4 Å². The van der Waals surface area contributed by atoms with Crippen molar-refractivity contribution in [1.82, 2.24) is 15.5 Å². The van der Waals surface area contributed by atoms with Gasteiger partial charge in [0, 0.05) is 3.57 Å². The van der Waals surface area contributed by atoms with Crippen molar-refractivity contribution in [2.45, 2.75) is 0 Å². The molecule has 2 aromatic carbocycles. The van der Waals surface area contributed by atoms with Crippen molar-refractivity contribution in [2.24, 2.45) is 0 Å². The molecule has 3 aromatic rings. The van der Waals surface area contributed by atoms with Crippen LogP contribution in [0.3, 0.4) is 0 Å². The summed E-state index contributed by atoms with van der Waals surface area (Å²) in [5, 5.41) is 20.6. The molecule has 1 N–H and O–H groups in total. The van der Waals surface area contributed by atoms with Crippen molar-refractivity contribution < 1.29 is 9.61 Å². The van der Waals surface area contributed by atoms with Crippen molar-refractivity contribution in [1.29, 1.82) is 0 Å². The van der Waals surface area contributed by atoms with Gasteiger partial charge in [-0.2, -0.15) is 0 Å². The van der Waals surface area contributed by atoms with Crippen LogP contribution in [0.15, 0.2) is 48.5 Å². The van der Waals surface area contributed by atoms with E-state index in [9.17, 15) is 10.1 Å². The fraction of sp³-hybridized carbons (Fsp3) is 0. The number of tetrazole rings is 1. The number of aromatic amines is 1. The van der Waals surface area contributed by atoms with Crippen LogP contribution < -0.4 is 4.68 Å². The number of benzene rings is 2. The molecule has 0 fully saturated rings. The summed E-state index contributed by atoms with van der Waals surface area (Å²) in [6.07, 6.45) is 0. The molecule has 104 valence electrons. The van der Waals surface area contributed by atoms with Crippen LogP contribution in [0, 0.1) is 13.7 Å². The van der Waals surface area contributed by atoms with Gasteiger partial charge in [0.25, 0.3) is 0 Å². The second-order valence-electron chi connectivity index (χ2n) is 4.19. The minimum absolute atomic E-state index is 0.353. The highest BCUT2D eigenvalue weighted by molar-refractivity contribution is 14.1. The third-order valence-electron chi connectivity index (χ3n) is 2.94. The third-order valence-corrected chi connectivity index (χ3v) is 3.84. The highest BCUT2D eigenvalue weighted by atomic mass is 127. The van der Waals surface area contributed by atoms with Gasteiger partial charge in [0.05, 0.1) is 10.5 Å². The zero-order valence-electron chi connectivity index (χ0n) is 10.6. The minimum Gasteiger partial charge on any atom is -0.320 e. The molecule has 8 heteroatoms. The molecule has 0 radical (unpaired) electrons. The summed E-state index contributed by atoms with van der Waals surface area (Å²) in [6.45, 7) is 0. The molecular formula is C13H9IN5O2+. The molecule has 0 saturated heterocycles. The monoisotopic (exact) mass is 394 g/mol. The lowest BCUT2D eigenvalue weighted by molar-refractivity contribution is -0.705. The summed E-state index contributed by atoms with van der Waals surface area (Å²) in [5.41, 5.74) is 2.48. The predicted octanol–water partition coefficient (Wildman–Crippen LogP) is 2.26. The van der Waals surface area contributed by atoms with E-state index in [0.717, 1.165) is 14.7 Å². The Morgan fingerprint density at radius 1 is 1.14 bits per heavy atom. The highest BCUT2D eigenvalue weighted by Gasteiger charge is 2.33. The summed E-state index contributed by atoms with van der Waals surface area (Å²) >= 11 is 2.21. The van der Waals surface area contributed by atoms with Crippen molar-refractivity contribution in [3.8, 4) is 16.8 Å². The number of aromatic nitrogens is 4. The number of hydrogen-bond donors (Lipinski definition) is 1. The Morgan fingerprint density at radius 2 is 1.90 bits per heavy atom. The number of halogens is 1. The summed E-state index contributed by atoms with van der Waals surface area (Å²) in [4.78, 5) is 10.5. The molecule has 21 heavy (non-hydrogen) atoms. The SMILES string of the molecule is O=[N+]([O-])c1nn[nH][n+]1-c1cccc(I)c1-c1ccccc1. The van der Waals surface area contributed by atoms with Gasteiger partial charge in [-0.3, -0.25) is 0 Å². The van der Waals surface area contributed by atoms with E-state index in [1.54, 1.807) is 6.07 Å². The Labute approximate surface area is 132 Å². The molecule has 7 nitrogen and oxygen atoms in total. The van der Waals surface area contributed by atoms with Crippen LogP contribution in [-0.2, 0) is 0 Å². The Kier molecular flexibility index (Phi) is 3.60. The smallest absolute Gasteiger partial charge is 0.320 e. The normalized spacial score (nSPS) is 10.5. The molecule has 0 spiro atoms. The average Bonchev–Trinajstić information content (AvgIpc) is 2.97. The number of nitrogens with zero attached hydrogens (tertiary/aromatic N) is 4. The molecule has 3 rings (SSSR count). The maximum Gasteiger partial charge on any atom is 0.683 e. The van der Waals surface area contributed by atoms with E-state index in [1.807, 2.05) is 42.5 Å². The first kappa shape index (κ1) is 13.6. The van der Waals surface area contributed by atoms with E-state index in [2.05, 4.69) is 38.1 Å². The predicted molar refractivity (Wildman–Crippen MR) is 82.7 cm³/mol. The lowest BCUT2D eigenvalue weighted by Gasteiger charge is -2.06. The third kappa shape index (κ3) is 2.49. The molecule has 0 aliphatic heterocycles. The van der Waals surface area contributed by atoms with Crippen LogP contribution in [0.25, 0.3) is 16.8 Å². The molecule has 0 unspecified atom stereocenters. The lowest BCUT2D eigenvalue weighted by Crippen LogP contribution is -2.36. The number of H-pyrrole nitrogens is 1. The van der Waals surface area contributed by atoms with Crippen LogP contribution >= 0.6 is 22.6 Å². The van der Waals surface area contributed by atoms with Crippen molar-refractivity contribution in [3.63, 3.8) is 0 Å². The van der Waals surface area contributed by atoms with Crippen LogP contribution in [0.1, 0.15) is 0 Å². The molecule has 0 bridgehead atoms. The first-order chi connectivity index (χ1) is 10.2. The largest absolute Gasteiger partial charge is 0.683 e. The summed E-state index contributed by atoms with van der Waals surface area (Å²) in [5.74, 6) is -0.353. The Bertz CT molecular complexity index is 803. The van der Waals surface area contributed by atoms with Gasteiger partial charge in [-0.05, 0) is 45.0 Å². The zero-order chi connectivity index (χ0) is 14.8. The lowest BCUT2D eigenvalue weighted by atomic mass is 10.0. The van der Waals surface area contributed by atoms with E-state index in [4.69, 9.17) is 0 Å². The van der Waals surface area contributed by atoms with Gasteiger partial charge in [-0.15, -0.1) is 0 Å². The van der Waals surface area contributed by atoms with Gasteiger partial charge >= 0.3 is 5.95 Å². The fourth-order valence-electron chi connectivity index (χ4n) is 2.07. The molecule has 0 aliphatic carbocycles. The summed E-state index contributed by atoms with van der Waals surface area (Å²) < 4.78 is 2.25. The van der Waals surface area contributed by atoms with Gasteiger partial charge in [0.15, 0.2) is 5.69 Å². The first-order valence-electron chi connectivity index (χ1n) is 6.00. The number of rotatable bonds is 3.